The van der Waals surface area contributed by atoms with Gasteiger partial charge in [0.2, 0.25) is 0 Å². The van der Waals surface area contributed by atoms with Crippen LogP contribution < -0.4 is 5.73 Å². The fourth-order valence-corrected chi connectivity index (χ4v) is 1.28. The van der Waals surface area contributed by atoms with Gasteiger partial charge in [-0.1, -0.05) is 0 Å². The third-order valence-electron chi connectivity index (χ3n) is 1.37. The third-order valence-corrected chi connectivity index (χ3v) is 2.04. The molecule has 0 saturated heterocycles. The molecule has 0 aromatic carbocycles. The molecule has 0 radical (unpaired) electrons. The fraction of sp³-hybridized carbons (Fsp3) is 0.286. The van der Waals surface area contributed by atoms with Crippen molar-refractivity contribution < 1.29 is 8.78 Å². The number of pyridine rings is 1. The number of hydrogen-bond acceptors (Lipinski definition) is 2. The Balaban J connectivity index is 2.94. The largest absolute Gasteiger partial charge is 0.318 e. The first kappa shape index (κ1) is 9.54. The Labute approximate surface area is 76.9 Å². The first-order valence-electron chi connectivity index (χ1n) is 3.27. The molecule has 0 aliphatic rings. The molecule has 0 fully saturated rings. The number of rotatable bonds is 2. The summed E-state index contributed by atoms with van der Waals surface area (Å²) < 4.78 is 24.7. The third kappa shape index (κ3) is 1.98. The molecule has 66 valence electrons. The molecule has 1 atom stereocenters. The molecule has 2 N–H and O–H groups in total. The number of aromatic nitrogens is 1. The van der Waals surface area contributed by atoms with Crippen molar-refractivity contribution in [2.45, 2.75) is 12.5 Å². The topological polar surface area (TPSA) is 38.9 Å². The molecule has 0 spiro atoms. The van der Waals surface area contributed by atoms with Crippen molar-refractivity contribution in [1.82, 2.24) is 4.98 Å². The van der Waals surface area contributed by atoms with Crippen molar-refractivity contribution >= 4 is 15.9 Å². The zero-order valence-corrected chi connectivity index (χ0v) is 7.63. The summed E-state index contributed by atoms with van der Waals surface area (Å²) in [6.45, 7) is 0. The highest BCUT2D eigenvalue weighted by molar-refractivity contribution is 9.10. The van der Waals surface area contributed by atoms with Crippen LogP contribution in [0.25, 0.3) is 0 Å². The van der Waals surface area contributed by atoms with E-state index in [9.17, 15) is 8.78 Å². The minimum Gasteiger partial charge on any atom is -0.318 e. The number of nitrogens with zero attached hydrogens (tertiary/aromatic N) is 1. The molecule has 0 amide bonds. The lowest BCUT2D eigenvalue weighted by molar-refractivity contribution is 0.114. The van der Waals surface area contributed by atoms with Crippen molar-refractivity contribution in [2.75, 3.05) is 0 Å². The van der Waals surface area contributed by atoms with E-state index < -0.39 is 12.5 Å². The fourth-order valence-electron chi connectivity index (χ4n) is 0.763. The molecule has 2 nitrogen and oxygen atoms in total. The molecular weight excluding hydrogens is 230 g/mol. The van der Waals surface area contributed by atoms with Gasteiger partial charge in [-0.15, -0.1) is 0 Å². The highest BCUT2D eigenvalue weighted by atomic mass is 79.9. The van der Waals surface area contributed by atoms with Gasteiger partial charge >= 0.3 is 0 Å². The van der Waals surface area contributed by atoms with Crippen LogP contribution in [0.5, 0.6) is 0 Å². The van der Waals surface area contributed by atoms with E-state index in [1.807, 2.05) is 0 Å². The van der Waals surface area contributed by atoms with Gasteiger partial charge < -0.3 is 5.73 Å². The van der Waals surface area contributed by atoms with E-state index >= 15 is 0 Å². The van der Waals surface area contributed by atoms with Crippen LogP contribution in [-0.4, -0.2) is 11.4 Å². The van der Waals surface area contributed by atoms with E-state index in [0.717, 1.165) is 0 Å². The second kappa shape index (κ2) is 3.91. The van der Waals surface area contributed by atoms with Gasteiger partial charge in [0.15, 0.2) is 0 Å². The number of nitrogens with two attached hydrogens (primary N) is 1. The molecular formula is C7H7BrF2N2. The standard InChI is InChI=1S/C7H7BrF2N2/c8-4-2-1-3-12-6(4)5(11)7(9)10/h1-3,5,7H,11H2. The van der Waals surface area contributed by atoms with E-state index in [0.29, 0.717) is 4.47 Å². The van der Waals surface area contributed by atoms with Crippen LogP contribution >= 0.6 is 15.9 Å². The van der Waals surface area contributed by atoms with Crippen molar-refractivity contribution in [3.63, 3.8) is 0 Å². The highest BCUT2D eigenvalue weighted by Crippen LogP contribution is 2.23. The molecule has 1 heterocycles. The van der Waals surface area contributed by atoms with E-state index in [1.54, 1.807) is 12.1 Å². The second-order valence-corrected chi connectivity index (χ2v) is 3.09. The van der Waals surface area contributed by atoms with Crippen LogP contribution in [0, 0.1) is 0 Å². The summed E-state index contributed by atoms with van der Waals surface area (Å²) in [7, 11) is 0. The zero-order valence-electron chi connectivity index (χ0n) is 6.05. The number of hydrogen-bond donors (Lipinski definition) is 1. The summed E-state index contributed by atoms with van der Waals surface area (Å²) in [5, 5.41) is 0. The van der Waals surface area contributed by atoms with Crippen molar-refractivity contribution in [1.29, 1.82) is 0 Å². The summed E-state index contributed by atoms with van der Waals surface area (Å²) in [5.74, 6) is 0. The molecule has 1 unspecified atom stereocenters. The predicted octanol–water partition coefficient (Wildman–Crippen LogP) is 2.11. The summed E-state index contributed by atoms with van der Waals surface area (Å²) in [4.78, 5) is 3.75. The van der Waals surface area contributed by atoms with Gasteiger partial charge in [0.25, 0.3) is 6.43 Å². The lowest BCUT2D eigenvalue weighted by Gasteiger charge is -2.10. The maximum atomic E-state index is 12.1. The van der Waals surface area contributed by atoms with E-state index in [4.69, 9.17) is 5.73 Å². The quantitative estimate of drug-likeness (QED) is 0.855. The molecule has 1 aromatic rings. The van der Waals surface area contributed by atoms with Crippen LogP contribution in [0.2, 0.25) is 0 Å². The Kier molecular flexibility index (Phi) is 3.11. The highest BCUT2D eigenvalue weighted by Gasteiger charge is 2.20. The van der Waals surface area contributed by atoms with Crippen molar-refractivity contribution in [2.24, 2.45) is 5.73 Å². The molecule has 12 heavy (non-hydrogen) atoms. The van der Waals surface area contributed by atoms with Crippen LogP contribution in [0.15, 0.2) is 22.8 Å². The van der Waals surface area contributed by atoms with Crippen LogP contribution in [0.4, 0.5) is 8.78 Å². The van der Waals surface area contributed by atoms with Gasteiger partial charge in [-0.3, -0.25) is 4.98 Å². The Hall–Kier alpha value is -0.550. The molecule has 5 heteroatoms. The summed E-state index contributed by atoms with van der Waals surface area (Å²) in [6, 6.07) is 1.96. The first-order valence-corrected chi connectivity index (χ1v) is 4.06. The van der Waals surface area contributed by atoms with Gasteiger partial charge in [0, 0.05) is 10.7 Å². The average Bonchev–Trinajstić information content (AvgIpc) is 2.04. The maximum Gasteiger partial charge on any atom is 0.259 e. The van der Waals surface area contributed by atoms with E-state index in [2.05, 4.69) is 20.9 Å². The van der Waals surface area contributed by atoms with Gasteiger partial charge in [-0.05, 0) is 28.1 Å². The predicted molar refractivity (Wildman–Crippen MR) is 44.9 cm³/mol. The van der Waals surface area contributed by atoms with Crippen molar-refractivity contribution in [3.8, 4) is 0 Å². The van der Waals surface area contributed by atoms with Crippen LogP contribution in [-0.2, 0) is 0 Å². The second-order valence-electron chi connectivity index (χ2n) is 2.23. The van der Waals surface area contributed by atoms with Gasteiger partial charge in [-0.25, -0.2) is 8.78 Å². The minimum atomic E-state index is -2.59. The Morgan fingerprint density at radius 1 is 1.50 bits per heavy atom. The number of halogens is 3. The molecule has 0 aliphatic carbocycles. The summed E-state index contributed by atoms with van der Waals surface area (Å²) in [5.41, 5.74) is 5.38. The minimum absolute atomic E-state index is 0.188. The van der Waals surface area contributed by atoms with Gasteiger partial charge in [0.05, 0.1) is 5.69 Å². The Morgan fingerprint density at radius 2 is 2.17 bits per heavy atom. The first-order chi connectivity index (χ1) is 5.63. The summed E-state index contributed by atoms with van der Waals surface area (Å²) >= 11 is 3.09. The monoisotopic (exact) mass is 236 g/mol. The zero-order chi connectivity index (χ0) is 9.14. The lowest BCUT2D eigenvalue weighted by Crippen LogP contribution is -2.20. The maximum absolute atomic E-state index is 12.1. The number of alkyl halides is 2. The van der Waals surface area contributed by atoms with E-state index in [1.165, 1.54) is 6.20 Å². The van der Waals surface area contributed by atoms with Crippen molar-refractivity contribution in [3.05, 3.63) is 28.5 Å². The Bertz CT molecular complexity index is 267. The molecule has 0 saturated carbocycles. The lowest BCUT2D eigenvalue weighted by atomic mass is 10.2. The Morgan fingerprint density at radius 3 is 2.67 bits per heavy atom. The van der Waals surface area contributed by atoms with Gasteiger partial charge in [0.1, 0.15) is 6.04 Å². The molecule has 1 rings (SSSR count). The van der Waals surface area contributed by atoms with Crippen LogP contribution in [0.1, 0.15) is 11.7 Å². The summed E-state index contributed by atoms with van der Waals surface area (Å²) in [6.07, 6.45) is -1.15. The normalized spacial score (nSPS) is 13.4. The average molecular weight is 237 g/mol. The van der Waals surface area contributed by atoms with Crippen LogP contribution in [0.3, 0.4) is 0 Å². The molecule has 0 aliphatic heterocycles. The molecule has 1 aromatic heterocycles. The SMILES string of the molecule is NC(c1ncccc1Br)C(F)F. The van der Waals surface area contributed by atoms with E-state index in [-0.39, 0.29) is 5.69 Å². The molecule has 0 bridgehead atoms. The van der Waals surface area contributed by atoms with Gasteiger partial charge in [-0.2, -0.15) is 0 Å². The smallest absolute Gasteiger partial charge is 0.259 e.